The fourth-order valence-electron chi connectivity index (χ4n) is 15.1. The zero-order valence-electron chi connectivity index (χ0n) is 59.3. The molecule has 496 valence electrons. The lowest BCUT2D eigenvalue weighted by Gasteiger charge is -2.38. The van der Waals surface area contributed by atoms with E-state index >= 15 is 0 Å². The molecule has 5 aliphatic heterocycles. The van der Waals surface area contributed by atoms with Gasteiger partial charge in [0, 0.05) is 122 Å². The lowest BCUT2D eigenvalue weighted by molar-refractivity contribution is 0.187. The van der Waals surface area contributed by atoms with Crippen molar-refractivity contribution < 1.29 is 0 Å². The molecule has 0 aromatic heterocycles. The molecule has 13 rings (SSSR count). The first kappa shape index (κ1) is 69.6. The van der Waals surface area contributed by atoms with Crippen LogP contribution in [0.25, 0.3) is 0 Å². The third-order valence-corrected chi connectivity index (χ3v) is 20.8. The Labute approximate surface area is 566 Å². The van der Waals surface area contributed by atoms with Crippen molar-refractivity contribution in [3.8, 4) is 18.2 Å². The van der Waals surface area contributed by atoms with E-state index in [1.165, 1.54) is 135 Å². The molecule has 3 saturated carbocycles. The Morgan fingerprint density at radius 3 is 0.947 bits per heavy atom. The van der Waals surface area contributed by atoms with Crippen LogP contribution in [0.1, 0.15) is 194 Å². The average Bonchev–Trinajstić information content (AvgIpc) is 1.67. The molecule has 13 heteroatoms. The van der Waals surface area contributed by atoms with Crippen LogP contribution >= 0.6 is 0 Å². The van der Waals surface area contributed by atoms with Crippen LogP contribution in [-0.2, 0) is 0 Å². The molecule has 0 spiro atoms. The summed E-state index contributed by atoms with van der Waals surface area (Å²) in [5, 5.41) is 26.7. The van der Waals surface area contributed by atoms with Gasteiger partial charge in [-0.15, -0.1) is 0 Å². The van der Waals surface area contributed by atoms with Gasteiger partial charge >= 0.3 is 0 Å². The average molecular weight is 1260 g/mol. The van der Waals surface area contributed by atoms with Crippen LogP contribution in [0.5, 0.6) is 0 Å². The summed E-state index contributed by atoms with van der Waals surface area (Å²) >= 11 is 0. The maximum absolute atomic E-state index is 9.00. The van der Waals surface area contributed by atoms with E-state index in [0.717, 1.165) is 40.0 Å². The molecular formula is C81H107N13. The standard InChI is InChI=1S/C18H23N3.C18H26N2.C17H24N2.C15H19N3.C13H15N3/c1-14-12-16(13-19)8-9-18(14)21-11-10-20(15(21)2)17-6-4-3-5-7-17;1-14-9-10-15(2)18(13-14)20-12-11-19(16(20)3)17-7-5-4-6-8-17;1-13-8-9-14(2)17(12-13)19-11-10-18(15(19)3)16-6-4-5-7-16;1-11(2)17-7-8-18(13(17)4)15-6-5-14(10-16)9-12(15)3;1-10-8-12(9-14)4-5-13(10)16-7-6-15(3)11(16)2/h8-12,15,17H,3-7H2,1-2H3;9-13,16-17H,4-8H2,1-3H3;8-12,15-16H,4-7H2,1-3H3;5-9,11,13H,1-4H3;4-8,11H,1-3H3/t15-;16-;15-;13-;11-/m11111/s1. The first-order chi connectivity index (χ1) is 45.2. The number of benzene rings is 5. The Hall–Kier alpha value is -8.73. The maximum atomic E-state index is 9.00. The van der Waals surface area contributed by atoms with E-state index < -0.39 is 0 Å². The van der Waals surface area contributed by atoms with E-state index in [-0.39, 0.29) is 0 Å². The normalized spacial score (nSPS) is 21.6. The fraction of sp³-hybridized carbons (Fsp3) is 0.469. The van der Waals surface area contributed by atoms with E-state index in [1.54, 1.807) is 0 Å². The van der Waals surface area contributed by atoms with Gasteiger partial charge in [-0.25, -0.2) is 0 Å². The summed E-state index contributed by atoms with van der Waals surface area (Å²) in [6.07, 6.45) is 43.0. The first-order valence-electron chi connectivity index (χ1n) is 35.0. The van der Waals surface area contributed by atoms with Gasteiger partial charge in [0.1, 0.15) is 30.8 Å². The second-order valence-corrected chi connectivity index (χ2v) is 27.7. The topological polar surface area (TPSA) is 104 Å². The van der Waals surface area contributed by atoms with E-state index in [0.29, 0.717) is 54.0 Å². The van der Waals surface area contributed by atoms with Gasteiger partial charge in [0.15, 0.2) is 0 Å². The Kier molecular flexibility index (Phi) is 23.6. The number of aryl methyl sites for hydroxylation is 7. The van der Waals surface area contributed by atoms with Crippen molar-refractivity contribution in [2.75, 3.05) is 31.5 Å². The first-order valence-corrected chi connectivity index (χ1v) is 35.0. The van der Waals surface area contributed by atoms with Gasteiger partial charge in [0.2, 0.25) is 0 Å². The maximum Gasteiger partial charge on any atom is 0.103 e. The van der Waals surface area contributed by atoms with Crippen molar-refractivity contribution in [1.82, 2.24) is 24.5 Å². The van der Waals surface area contributed by atoms with Crippen LogP contribution in [-0.4, -0.2) is 86.5 Å². The summed E-state index contributed by atoms with van der Waals surface area (Å²) in [7, 11) is 2.06. The molecule has 94 heavy (non-hydrogen) atoms. The molecule has 13 nitrogen and oxygen atoms in total. The third-order valence-electron chi connectivity index (χ3n) is 20.8. The van der Waals surface area contributed by atoms with Crippen molar-refractivity contribution in [2.24, 2.45) is 0 Å². The highest BCUT2D eigenvalue weighted by Gasteiger charge is 2.34. The summed E-state index contributed by atoms with van der Waals surface area (Å²) in [6, 6.07) is 40.2. The monoisotopic (exact) mass is 1260 g/mol. The van der Waals surface area contributed by atoms with Gasteiger partial charge in [-0.2, -0.15) is 15.8 Å². The number of hydrogen-bond donors (Lipinski definition) is 0. The number of rotatable bonds is 9. The van der Waals surface area contributed by atoms with Crippen molar-refractivity contribution in [3.63, 3.8) is 0 Å². The molecule has 5 heterocycles. The molecular weight excluding hydrogens is 1150 g/mol. The molecule has 8 aliphatic rings. The molecule has 5 aromatic rings. The van der Waals surface area contributed by atoms with Crippen LogP contribution in [0.4, 0.5) is 28.4 Å². The molecule has 0 bridgehead atoms. The predicted molar refractivity (Wildman–Crippen MR) is 391 cm³/mol. The van der Waals surface area contributed by atoms with Crippen molar-refractivity contribution in [1.29, 1.82) is 15.8 Å². The summed E-state index contributed by atoms with van der Waals surface area (Å²) in [6.45, 7) is 30.6. The van der Waals surface area contributed by atoms with Crippen LogP contribution in [0.15, 0.2) is 153 Å². The molecule has 0 radical (unpaired) electrons. The lowest BCUT2D eigenvalue weighted by Crippen LogP contribution is -2.43. The molecule has 0 amide bonds. The Morgan fingerprint density at radius 2 is 0.638 bits per heavy atom. The molecule has 5 aromatic carbocycles. The van der Waals surface area contributed by atoms with Gasteiger partial charge in [-0.05, 0) is 241 Å². The van der Waals surface area contributed by atoms with E-state index in [4.69, 9.17) is 15.8 Å². The minimum absolute atomic E-state index is 0.316. The third kappa shape index (κ3) is 16.2. The second kappa shape index (κ2) is 31.9. The van der Waals surface area contributed by atoms with E-state index in [1.807, 2.05) is 55.5 Å². The Balaban J connectivity index is 0.000000139. The second-order valence-electron chi connectivity index (χ2n) is 27.7. The smallest absolute Gasteiger partial charge is 0.103 e. The minimum Gasteiger partial charge on any atom is -0.359 e. The summed E-state index contributed by atoms with van der Waals surface area (Å²) in [5.41, 5.74) is 17.2. The summed E-state index contributed by atoms with van der Waals surface area (Å²) in [4.78, 5) is 23.7. The number of nitriles is 3. The zero-order chi connectivity index (χ0) is 67.3. The summed E-state index contributed by atoms with van der Waals surface area (Å²) in [5.74, 6) is 0. The van der Waals surface area contributed by atoms with Crippen LogP contribution in [0.3, 0.4) is 0 Å². The quantitative estimate of drug-likeness (QED) is 0.140. The predicted octanol–water partition coefficient (Wildman–Crippen LogP) is 18.5. The fourth-order valence-corrected chi connectivity index (χ4v) is 15.1. The minimum atomic E-state index is 0.316. The zero-order valence-corrected chi connectivity index (χ0v) is 59.3. The van der Waals surface area contributed by atoms with Crippen molar-refractivity contribution >= 4 is 28.4 Å². The van der Waals surface area contributed by atoms with Gasteiger partial charge < -0.3 is 49.0 Å². The largest absolute Gasteiger partial charge is 0.359 e. The van der Waals surface area contributed by atoms with Gasteiger partial charge in [0.25, 0.3) is 0 Å². The van der Waals surface area contributed by atoms with Crippen LogP contribution in [0, 0.1) is 82.5 Å². The van der Waals surface area contributed by atoms with Gasteiger partial charge in [0.05, 0.1) is 34.9 Å². The van der Waals surface area contributed by atoms with Crippen molar-refractivity contribution in [3.05, 3.63) is 209 Å². The number of hydrogen-bond acceptors (Lipinski definition) is 13. The molecule has 0 N–H and O–H groups in total. The number of nitrogens with zero attached hydrogens (tertiary/aromatic N) is 13. The molecule has 5 atom stereocenters. The number of anilines is 5. The van der Waals surface area contributed by atoms with Gasteiger partial charge in [-0.1, -0.05) is 75.6 Å². The SMILES string of the molecule is Cc1cc(C#N)ccc1N1C=CN(C(C)C)[C@H]1C.Cc1cc(C#N)ccc1N1C=CN(C)[C@H]1C.Cc1cc(C#N)ccc1N1C=CN(C2CCCCC2)[C@H]1C.Cc1ccc(C)c(N2C=CN(C3CCCC3)[C@H]2C)c1.Cc1ccc(C)c(N2C=CN(C3CCCCC3)[C@H]2C)c1. The van der Waals surface area contributed by atoms with Gasteiger partial charge in [-0.3, -0.25) is 0 Å². The highest BCUT2D eigenvalue weighted by molar-refractivity contribution is 5.63. The Morgan fingerprint density at radius 1 is 0.330 bits per heavy atom. The highest BCUT2D eigenvalue weighted by atomic mass is 15.4. The molecule has 3 fully saturated rings. The molecule has 0 unspecified atom stereocenters. The van der Waals surface area contributed by atoms with Crippen molar-refractivity contribution in [2.45, 2.75) is 242 Å². The Bertz CT molecular complexity index is 3650. The molecule has 3 aliphatic carbocycles. The molecule has 0 saturated heterocycles. The highest BCUT2D eigenvalue weighted by Crippen LogP contribution is 2.38. The lowest BCUT2D eigenvalue weighted by atomic mass is 9.94. The summed E-state index contributed by atoms with van der Waals surface area (Å²) < 4.78 is 0. The van der Waals surface area contributed by atoms with Crippen LogP contribution in [0.2, 0.25) is 0 Å². The van der Waals surface area contributed by atoms with Crippen LogP contribution < -0.4 is 24.5 Å². The van der Waals surface area contributed by atoms with E-state index in [2.05, 4.69) is 269 Å². The van der Waals surface area contributed by atoms with E-state index in [9.17, 15) is 0 Å².